The number of rotatable bonds is 8. The Kier molecular flexibility index (Phi) is 5.11. The van der Waals surface area contributed by atoms with Gasteiger partial charge >= 0.3 is 0 Å². The van der Waals surface area contributed by atoms with Crippen molar-refractivity contribution in [3.63, 3.8) is 0 Å². The zero-order valence-corrected chi connectivity index (χ0v) is 14.0. The first kappa shape index (κ1) is 15.8. The third-order valence-corrected chi connectivity index (χ3v) is 4.43. The predicted octanol–water partition coefficient (Wildman–Crippen LogP) is 5.68. The number of unbranched alkanes of at least 4 members (excludes halogenated alkanes) is 4. The van der Waals surface area contributed by atoms with Crippen LogP contribution < -0.4 is 0 Å². The van der Waals surface area contributed by atoms with Gasteiger partial charge in [0.25, 0.3) is 0 Å². The van der Waals surface area contributed by atoms with Crippen LogP contribution >= 0.6 is 0 Å². The van der Waals surface area contributed by atoms with Gasteiger partial charge in [-0.3, -0.25) is 0 Å². The first-order valence-corrected chi connectivity index (χ1v) is 8.69. The number of fused-ring (bicyclic) bond motifs is 1. The normalized spacial score (nSPS) is 12.8. The third-order valence-electron chi connectivity index (χ3n) is 4.43. The zero-order valence-electron chi connectivity index (χ0n) is 14.0. The number of nitrogens with zero attached hydrogens (tertiary/aromatic N) is 2. The maximum Gasteiger partial charge on any atom is 0.229 e. The van der Waals surface area contributed by atoms with Crippen LogP contribution in [0.2, 0.25) is 0 Å². The maximum atomic E-state index is 5.50. The lowest BCUT2D eigenvalue weighted by Crippen LogP contribution is -1.94. The molecule has 0 aliphatic heterocycles. The third kappa shape index (κ3) is 3.63. The molecule has 2 aromatic heterocycles. The summed E-state index contributed by atoms with van der Waals surface area (Å²) < 4.78 is 5.50. The quantitative estimate of drug-likeness (QED) is 0.544. The minimum atomic E-state index is 0.322. The molecule has 0 amide bonds. The van der Waals surface area contributed by atoms with E-state index in [-0.39, 0.29) is 0 Å². The number of hydrogen-bond donors (Lipinski definition) is 1. The SMILES string of the molecule is CCCCCCCC(C)c1nc(-c2c[nH]c3ccccc23)no1. The van der Waals surface area contributed by atoms with Gasteiger partial charge in [0.2, 0.25) is 11.7 Å². The van der Waals surface area contributed by atoms with Crippen molar-refractivity contribution >= 4 is 10.9 Å². The van der Waals surface area contributed by atoms with Crippen molar-refractivity contribution in [3.05, 3.63) is 36.4 Å². The van der Waals surface area contributed by atoms with Crippen molar-refractivity contribution in [2.24, 2.45) is 0 Å². The molecular formula is C19H25N3O. The smallest absolute Gasteiger partial charge is 0.229 e. The molecule has 1 N–H and O–H groups in total. The summed E-state index contributed by atoms with van der Waals surface area (Å²) in [6.07, 6.45) is 9.53. The summed E-state index contributed by atoms with van der Waals surface area (Å²) in [5.41, 5.74) is 2.10. The van der Waals surface area contributed by atoms with Crippen LogP contribution in [-0.2, 0) is 0 Å². The van der Waals surface area contributed by atoms with Crippen molar-refractivity contribution < 1.29 is 4.52 Å². The lowest BCUT2D eigenvalue weighted by atomic mass is 10.0. The largest absolute Gasteiger partial charge is 0.360 e. The second-order valence-electron chi connectivity index (χ2n) is 6.31. The highest BCUT2D eigenvalue weighted by molar-refractivity contribution is 5.93. The number of para-hydroxylation sites is 1. The van der Waals surface area contributed by atoms with Crippen LogP contribution in [0.25, 0.3) is 22.3 Å². The van der Waals surface area contributed by atoms with Gasteiger partial charge in [-0.15, -0.1) is 0 Å². The highest BCUT2D eigenvalue weighted by Gasteiger charge is 2.17. The molecule has 0 aliphatic carbocycles. The number of hydrogen-bond acceptors (Lipinski definition) is 3. The first-order chi connectivity index (χ1) is 11.3. The predicted molar refractivity (Wildman–Crippen MR) is 93.4 cm³/mol. The second kappa shape index (κ2) is 7.44. The van der Waals surface area contributed by atoms with E-state index < -0.39 is 0 Å². The Morgan fingerprint density at radius 3 is 2.83 bits per heavy atom. The minimum Gasteiger partial charge on any atom is -0.360 e. The molecule has 0 bridgehead atoms. The van der Waals surface area contributed by atoms with Gasteiger partial charge in [0.05, 0.1) is 0 Å². The Hall–Kier alpha value is -2.10. The number of nitrogens with one attached hydrogen (secondary N) is 1. The van der Waals surface area contributed by atoms with Crippen LogP contribution in [0.4, 0.5) is 0 Å². The molecule has 3 aromatic rings. The molecule has 0 fully saturated rings. The Balaban J connectivity index is 1.66. The van der Waals surface area contributed by atoms with Crippen molar-refractivity contribution in [2.75, 3.05) is 0 Å². The van der Waals surface area contributed by atoms with Gasteiger partial charge in [0, 0.05) is 28.6 Å². The standard InChI is InChI=1S/C19H25N3O/c1-3-4-5-6-7-10-14(2)19-21-18(22-23-19)16-13-20-17-12-9-8-11-15(16)17/h8-9,11-14,20H,3-7,10H2,1-2H3. The van der Waals surface area contributed by atoms with E-state index in [0.29, 0.717) is 11.7 Å². The lowest BCUT2D eigenvalue weighted by molar-refractivity contribution is 0.350. The zero-order chi connectivity index (χ0) is 16.1. The van der Waals surface area contributed by atoms with E-state index >= 15 is 0 Å². The number of aromatic amines is 1. The van der Waals surface area contributed by atoms with E-state index in [1.165, 1.54) is 32.1 Å². The molecule has 1 aromatic carbocycles. The van der Waals surface area contributed by atoms with Gasteiger partial charge in [-0.25, -0.2) is 0 Å². The van der Waals surface area contributed by atoms with E-state index in [1.807, 2.05) is 18.3 Å². The van der Waals surface area contributed by atoms with Crippen LogP contribution in [-0.4, -0.2) is 15.1 Å². The summed E-state index contributed by atoms with van der Waals surface area (Å²) in [6, 6.07) is 8.18. The fraction of sp³-hybridized carbons (Fsp3) is 0.474. The molecule has 1 unspecified atom stereocenters. The summed E-state index contributed by atoms with van der Waals surface area (Å²) in [6.45, 7) is 4.42. The summed E-state index contributed by atoms with van der Waals surface area (Å²) >= 11 is 0. The molecule has 0 spiro atoms. The molecule has 0 saturated heterocycles. The van der Waals surface area contributed by atoms with Crippen molar-refractivity contribution in [1.29, 1.82) is 0 Å². The summed E-state index contributed by atoms with van der Waals surface area (Å²) in [4.78, 5) is 7.88. The monoisotopic (exact) mass is 311 g/mol. The van der Waals surface area contributed by atoms with Gasteiger partial charge < -0.3 is 9.51 Å². The average molecular weight is 311 g/mol. The van der Waals surface area contributed by atoms with Gasteiger partial charge in [-0.05, 0) is 12.5 Å². The van der Waals surface area contributed by atoms with Gasteiger partial charge in [0.15, 0.2) is 0 Å². The summed E-state index contributed by atoms with van der Waals surface area (Å²) in [5, 5.41) is 5.31. The van der Waals surface area contributed by atoms with Crippen LogP contribution in [0, 0.1) is 0 Å². The Morgan fingerprint density at radius 2 is 1.96 bits per heavy atom. The number of aromatic nitrogens is 3. The van der Waals surface area contributed by atoms with Crippen molar-refractivity contribution in [1.82, 2.24) is 15.1 Å². The molecule has 0 radical (unpaired) electrons. The first-order valence-electron chi connectivity index (χ1n) is 8.69. The molecule has 3 rings (SSSR count). The van der Waals surface area contributed by atoms with E-state index in [9.17, 15) is 0 Å². The van der Waals surface area contributed by atoms with Crippen molar-refractivity contribution in [3.8, 4) is 11.4 Å². The van der Waals surface area contributed by atoms with E-state index in [1.54, 1.807) is 0 Å². The average Bonchev–Trinajstić information content (AvgIpc) is 3.21. The van der Waals surface area contributed by atoms with E-state index in [4.69, 9.17) is 4.52 Å². The lowest BCUT2D eigenvalue weighted by Gasteiger charge is -2.05. The Bertz CT molecular complexity index is 744. The Labute approximate surface area is 137 Å². The van der Waals surface area contributed by atoms with Gasteiger partial charge in [-0.2, -0.15) is 4.98 Å². The van der Waals surface area contributed by atoms with Crippen molar-refractivity contribution in [2.45, 2.75) is 58.3 Å². The number of H-pyrrole nitrogens is 1. The summed E-state index contributed by atoms with van der Waals surface area (Å²) in [7, 11) is 0. The molecule has 4 nitrogen and oxygen atoms in total. The van der Waals surface area contributed by atoms with Crippen LogP contribution in [0.1, 0.15) is 64.2 Å². The summed E-state index contributed by atoms with van der Waals surface area (Å²) in [5.74, 6) is 1.75. The fourth-order valence-electron chi connectivity index (χ4n) is 2.98. The second-order valence-corrected chi connectivity index (χ2v) is 6.31. The molecule has 4 heteroatoms. The molecule has 0 aliphatic rings. The highest BCUT2D eigenvalue weighted by Crippen LogP contribution is 2.28. The van der Waals surface area contributed by atoms with Crippen LogP contribution in [0.5, 0.6) is 0 Å². The van der Waals surface area contributed by atoms with E-state index in [0.717, 1.165) is 28.8 Å². The topological polar surface area (TPSA) is 54.7 Å². The minimum absolute atomic E-state index is 0.322. The van der Waals surface area contributed by atoms with E-state index in [2.05, 4.69) is 41.1 Å². The molecule has 2 heterocycles. The molecule has 23 heavy (non-hydrogen) atoms. The van der Waals surface area contributed by atoms with Gasteiger partial charge in [-0.1, -0.05) is 69.3 Å². The Morgan fingerprint density at radius 1 is 1.13 bits per heavy atom. The molecule has 122 valence electrons. The molecular weight excluding hydrogens is 286 g/mol. The highest BCUT2D eigenvalue weighted by atomic mass is 16.5. The van der Waals surface area contributed by atoms with Gasteiger partial charge in [0.1, 0.15) is 0 Å². The maximum absolute atomic E-state index is 5.50. The van der Waals surface area contributed by atoms with Crippen LogP contribution in [0.3, 0.4) is 0 Å². The van der Waals surface area contributed by atoms with Crippen LogP contribution in [0.15, 0.2) is 35.0 Å². The molecule has 1 atom stereocenters. The number of benzene rings is 1. The fourth-order valence-corrected chi connectivity index (χ4v) is 2.98. The molecule has 0 saturated carbocycles.